The average molecular weight is 275 g/mol. The first-order chi connectivity index (χ1) is 8.73. The van der Waals surface area contributed by atoms with Gasteiger partial charge in [0.25, 0.3) is 0 Å². The Balaban J connectivity index is 2.25. The molecule has 1 saturated carbocycles. The molecular weight excluding hydrogens is 255 g/mol. The van der Waals surface area contributed by atoms with Crippen molar-refractivity contribution >= 4 is 0 Å². The first-order valence-electron chi connectivity index (χ1n) is 6.52. The quantitative estimate of drug-likeness (QED) is 0.898. The third-order valence-corrected chi connectivity index (χ3v) is 3.97. The van der Waals surface area contributed by atoms with E-state index in [4.69, 9.17) is 0 Å². The van der Waals surface area contributed by atoms with E-state index in [9.17, 15) is 13.2 Å². The number of likely N-dealkylation sites (N-methyl/N-ethyl adjacent to an activating group) is 1. The summed E-state index contributed by atoms with van der Waals surface area (Å²) in [7, 11) is 1.85. The molecule has 6 heteroatoms. The summed E-state index contributed by atoms with van der Waals surface area (Å²) in [6, 6.07) is 1.20. The Hall–Kier alpha value is -1.04. The molecule has 0 aromatic carbocycles. The van der Waals surface area contributed by atoms with Crippen LogP contribution in [0.15, 0.2) is 12.3 Å². The summed E-state index contributed by atoms with van der Waals surface area (Å²) < 4.78 is 39.3. The molecule has 1 aromatic rings. The largest absolute Gasteiger partial charge is 0.435 e. The Morgan fingerprint density at radius 2 is 2.11 bits per heavy atom. The number of aromatic nitrogens is 2. The average Bonchev–Trinajstić information content (AvgIpc) is 2.76. The molecule has 0 saturated heterocycles. The van der Waals surface area contributed by atoms with Crippen LogP contribution in [-0.4, -0.2) is 22.9 Å². The lowest BCUT2D eigenvalue weighted by atomic mass is 9.73. The van der Waals surface area contributed by atoms with Crippen molar-refractivity contribution in [3.05, 3.63) is 18.0 Å². The number of halogens is 3. The van der Waals surface area contributed by atoms with E-state index < -0.39 is 11.9 Å². The number of nitrogens with zero attached hydrogens (tertiary/aromatic N) is 2. The molecule has 0 spiro atoms. The van der Waals surface area contributed by atoms with E-state index in [1.165, 1.54) is 10.9 Å². The van der Waals surface area contributed by atoms with Crippen LogP contribution in [0.1, 0.15) is 44.8 Å². The summed E-state index contributed by atoms with van der Waals surface area (Å²) >= 11 is 0. The zero-order valence-corrected chi connectivity index (χ0v) is 11.5. The molecule has 1 heterocycles. The van der Waals surface area contributed by atoms with Gasteiger partial charge in [0.05, 0.1) is 6.04 Å². The van der Waals surface area contributed by atoms with Gasteiger partial charge < -0.3 is 5.32 Å². The highest BCUT2D eigenvalue weighted by Crippen LogP contribution is 2.41. The van der Waals surface area contributed by atoms with Gasteiger partial charge in [-0.15, -0.1) is 0 Å². The summed E-state index contributed by atoms with van der Waals surface area (Å²) in [6.07, 6.45) is -0.0704. The monoisotopic (exact) mass is 275 g/mol. The zero-order chi connectivity index (χ0) is 14.3. The Morgan fingerprint density at radius 1 is 1.42 bits per heavy atom. The number of hydrogen-bond donors (Lipinski definition) is 1. The lowest BCUT2D eigenvalue weighted by Crippen LogP contribution is -2.42. The van der Waals surface area contributed by atoms with Gasteiger partial charge >= 0.3 is 6.18 Å². The van der Waals surface area contributed by atoms with Gasteiger partial charge in [0, 0.05) is 12.2 Å². The number of rotatable bonds is 2. The molecule has 1 N–H and O–H groups in total. The van der Waals surface area contributed by atoms with Gasteiger partial charge in [-0.25, -0.2) is 0 Å². The molecule has 19 heavy (non-hydrogen) atoms. The van der Waals surface area contributed by atoms with Crippen LogP contribution in [0, 0.1) is 5.41 Å². The fraction of sp³-hybridized carbons (Fsp3) is 0.769. The van der Waals surface area contributed by atoms with Crippen molar-refractivity contribution in [1.82, 2.24) is 15.1 Å². The van der Waals surface area contributed by atoms with Gasteiger partial charge in [0.1, 0.15) is 0 Å². The van der Waals surface area contributed by atoms with Gasteiger partial charge in [-0.2, -0.15) is 18.3 Å². The molecule has 0 bridgehead atoms. The van der Waals surface area contributed by atoms with E-state index in [2.05, 4.69) is 24.3 Å². The van der Waals surface area contributed by atoms with Gasteiger partial charge in [-0.05, 0) is 37.8 Å². The van der Waals surface area contributed by atoms with Crippen molar-refractivity contribution in [2.24, 2.45) is 5.41 Å². The van der Waals surface area contributed by atoms with Crippen molar-refractivity contribution in [3.8, 4) is 0 Å². The van der Waals surface area contributed by atoms with Gasteiger partial charge in [-0.1, -0.05) is 13.8 Å². The molecule has 0 aliphatic heterocycles. The van der Waals surface area contributed by atoms with E-state index in [1.807, 2.05) is 7.05 Å². The van der Waals surface area contributed by atoms with E-state index >= 15 is 0 Å². The third kappa shape index (κ3) is 3.11. The van der Waals surface area contributed by atoms with Crippen LogP contribution < -0.4 is 5.32 Å². The summed E-state index contributed by atoms with van der Waals surface area (Å²) in [5, 5.41) is 6.92. The standard InChI is InChI=1S/C13H20F3N3/c1-12(2)6-4-9(17-3)10(8-12)19-7-5-11(18-19)13(14,15)16/h5,7,9-10,17H,4,6,8H2,1-3H3. The molecule has 1 fully saturated rings. The van der Waals surface area contributed by atoms with E-state index in [0.717, 1.165) is 25.3 Å². The molecule has 1 aliphatic carbocycles. The van der Waals surface area contributed by atoms with Crippen LogP contribution in [0.3, 0.4) is 0 Å². The van der Waals surface area contributed by atoms with Crippen molar-refractivity contribution in [2.45, 2.75) is 51.4 Å². The maximum absolute atomic E-state index is 12.6. The second-order valence-electron chi connectivity index (χ2n) is 6.05. The van der Waals surface area contributed by atoms with Crippen molar-refractivity contribution in [1.29, 1.82) is 0 Å². The van der Waals surface area contributed by atoms with Crippen LogP contribution in [0.2, 0.25) is 0 Å². The molecule has 2 unspecified atom stereocenters. The molecule has 2 atom stereocenters. The van der Waals surface area contributed by atoms with E-state index in [-0.39, 0.29) is 17.5 Å². The summed E-state index contributed by atoms with van der Waals surface area (Å²) in [6.45, 7) is 4.31. The van der Waals surface area contributed by atoms with Crippen LogP contribution >= 0.6 is 0 Å². The lowest BCUT2D eigenvalue weighted by molar-refractivity contribution is -0.141. The van der Waals surface area contributed by atoms with Crippen molar-refractivity contribution in [2.75, 3.05) is 7.05 Å². The van der Waals surface area contributed by atoms with E-state index in [1.54, 1.807) is 0 Å². The summed E-state index contributed by atoms with van der Waals surface area (Å²) in [4.78, 5) is 0. The first-order valence-corrected chi connectivity index (χ1v) is 6.52. The van der Waals surface area contributed by atoms with Gasteiger partial charge in [0.2, 0.25) is 0 Å². The predicted molar refractivity (Wildman–Crippen MR) is 66.7 cm³/mol. The Kier molecular flexibility index (Phi) is 3.64. The number of hydrogen-bond acceptors (Lipinski definition) is 2. The molecule has 0 amide bonds. The SMILES string of the molecule is CNC1CCC(C)(C)CC1n1ccc(C(F)(F)F)n1. The second-order valence-corrected chi connectivity index (χ2v) is 6.05. The minimum Gasteiger partial charge on any atom is -0.315 e. The fourth-order valence-electron chi connectivity index (χ4n) is 2.84. The van der Waals surface area contributed by atoms with Crippen LogP contribution in [0.4, 0.5) is 13.2 Å². The fourth-order valence-corrected chi connectivity index (χ4v) is 2.84. The number of alkyl halides is 3. The maximum Gasteiger partial charge on any atom is 0.435 e. The minimum atomic E-state index is -4.37. The van der Waals surface area contributed by atoms with Crippen molar-refractivity contribution in [3.63, 3.8) is 0 Å². The van der Waals surface area contributed by atoms with Crippen LogP contribution in [0.5, 0.6) is 0 Å². The van der Waals surface area contributed by atoms with Crippen LogP contribution in [-0.2, 0) is 6.18 Å². The topological polar surface area (TPSA) is 29.9 Å². The lowest BCUT2D eigenvalue weighted by Gasteiger charge is -2.40. The van der Waals surface area contributed by atoms with Crippen LogP contribution in [0.25, 0.3) is 0 Å². The third-order valence-electron chi connectivity index (χ3n) is 3.97. The highest BCUT2D eigenvalue weighted by atomic mass is 19.4. The molecule has 0 radical (unpaired) electrons. The summed E-state index contributed by atoms with van der Waals surface area (Å²) in [5.74, 6) is 0. The Bertz CT molecular complexity index is 437. The molecule has 3 nitrogen and oxygen atoms in total. The predicted octanol–water partition coefficient (Wildman–Crippen LogP) is 3.24. The molecular formula is C13H20F3N3. The maximum atomic E-state index is 12.6. The smallest absolute Gasteiger partial charge is 0.315 e. The Labute approximate surface area is 111 Å². The zero-order valence-electron chi connectivity index (χ0n) is 11.5. The molecule has 108 valence electrons. The first kappa shape index (κ1) is 14.4. The molecule has 1 aromatic heterocycles. The van der Waals surface area contributed by atoms with E-state index in [0.29, 0.717) is 0 Å². The summed E-state index contributed by atoms with van der Waals surface area (Å²) in [5.41, 5.74) is -0.673. The van der Waals surface area contributed by atoms with Gasteiger partial charge in [0.15, 0.2) is 5.69 Å². The minimum absolute atomic E-state index is 0.0233. The van der Waals surface area contributed by atoms with Gasteiger partial charge in [-0.3, -0.25) is 4.68 Å². The second kappa shape index (κ2) is 4.81. The highest BCUT2D eigenvalue weighted by molar-refractivity contribution is 5.05. The van der Waals surface area contributed by atoms with Crippen molar-refractivity contribution < 1.29 is 13.2 Å². The molecule has 1 aliphatic rings. The Morgan fingerprint density at radius 3 is 2.63 bits per heavy atom. The number of nitrogens with one attached hydrogen (secondary N) is 1. The highest BCUT2D eigenvalue weighted by Gasteiger charge is 2.38. The normalized spacial score (nSPS) is 27.5. The molecule has 2 rings (SSSR count).